The van der Waals surface area contributed by atoms with Gasteiger partial charge in [0.05, 0.1) is 16.0 Å². The van der Waals surface area contributed by atoms with E-state index in [1.165, 1.54) is 17.7 Å². The molecule has 0 saturated carbocycles. The molecule has 6 nitrogen and oxygen atoms in total. The first-order valence-electron chi connectivity index (χ1n) is 7.32. The molecule has 8 heteroatoms. The highest BCUT2D eigenvalue weighted by atomic mass is 32.2. The molecule has 0 atom stereocenters. The summed E-state index contributed by atoms with van der Waals surface area (Å²) >= 11 is 1.47. The summed E-state index contributed by atoms with van der Waals surface area (Å²) in [5, 5.41) is 5.38. The molecule has 0 bridgehead atoms. The third-order valence-corrected chi connectivity index (χ3v) is 6.08. The minimum Gasteiger partial charge on any atom is -0.310 e. The van der Waals surface area contributed by atoms with Crippen molar-refractivity contribution in [3.05, 3.63) is 48.1 Å². The lowest BCUT2D eigenvalue weighted by molar-refractivity contribution is -0.116. The molecule has 0 unspecified atom stereocenters. The highest BCUT2D eigenvalue weighted by Crippen LogP contribution is 2.23. The second kappa shape index (κ2) is 7.06. The summed E-state index contributed by atoms with van der Waals surface area (Å²) in [6.07, 6.45) is 1.76. The molecule has 2 heterocycles. The minimum absolute atomic E-state index is 0.0674. The van der Waals surface area contributed by atoms with Gasteiger partial charge in [-0.1, -0.05) is 18.2 Å². The maximum atomic E-state index is 12.2. The van der Waals surface area contributed by atoms with E-state index in [0.29, 0.717) is 5.82 Å². The Hall–Kier alpha value is -2.32. The van der Waals surface area contributed by atoms with E-state index in [0.717, 1.165) is 10.2 Å². The summed E-state index contributed by atoms with van der Waals surface area (Å²) in [6.45, 7) is 0. The lowest BCUT2D eigenvalue weighted by atomic mass is 10.3. The number of nitrogens with one attached hydrogen (secondary N) is 1. The third-order valence-electron chi connectivity index (χ3n) is 3.44. The van der Waals surface area contributed by atoms with Crippen LogP contribution < -0.4 is 5.32 Å². The lowest BCUT2D eigenvalue weighted by Crippen LogP contribution is -2.15. The molecule has 1 N–H and O–H groups in total. The number of hydrogen-bond donors (Lipinski definition) is 1. The van der Waals surface area contributed by atoms with Crippen molar-refractivity contribution in [1.82, 2.24) is 9.97 Å². The second-order valence-corrected chi connectivity index (χ2v) is 8.15. The zero-order valence-electron chi connectivity index (χ0n) is 12.7. The molecule has 0 aliphatic rings. The van der Waals surface area contributed by atoms with Crippen LogP contribution in [0.4, 0.5) is 5.82 Å². The van der Waals surface area contributed by atoms with Crippen LogP contribution in [0.5, 0.6) is 0 Å². The van der Waals surface area contributed by atoms with Gasteiger partial charge < -0.3 is 5.32 Å². The van der Waals surface area contributed by atoms with Gasteiger partial charge in [-0.05, 0) is 30.0 Å². The van der Waals surface area contributed by atoms with Crippen LogP contribution in [0.25, 0.3) is 10.2 Å². The van der Waals surface area contributed by atoms with Crippen molar-refractivity contribution in [2.75, 3.05) is 11.1 Å². The molecule has 2 aromatic heterocycles. The molecular formula is C16H15N3O3S2. The summed E-state index contributed by atoms with van der Waals surface area (Å²) in [5.41, 5.74) is 0. The maximum Gasteiger partial charge on any atom is 0.225 e. The summed E-state index contributed by atoms with van der Waals surface area (Å²) in [4.78, 5) is 21.3. The Bertz CT molecular complexity index is 953. The van der Waals surface area contributed by atoms with Gasteiger partial charge in [-0.3, -0.25) is 4.79 Å². The smallest absolute Gasteiger partial charge is 0.225 e. The highest BCUT2D eigenvalue weighted by molar-refractivity contribution is 7.91. The molecule has 124 valence electrons. The molecule has 1 aromatic carbocycles. The number of aromatic nitrogens is 2. The number of thiophene rings is 1. The summed E-state index contributed by atoms with van der Waals surface area (Å²) < 4.78 is 24.3. The van der Waals surface area contributed by atoms with E-state index < -0.39 is 9.84 Å². The van der Waals surface area contributed by atoms with Crippen molar-refractivity contribution in [2.24, 2.45) is 0 Å². The third kappa shape index (κ3) is 3.77. The highest BCUT2D eigenvalue weighted by Gasteiger charge is 2.15. The van der Waals surface area contributed by atoms with E-state index in [9.17, 15) is 13.2 Å². The average molecular weight is 361 g/mol. The van der Waals surface area contributed by atoms with Crippen LogP contribution in [0.15, 0.2) is 53.0 Å². The van der Waals surface area contributed by atoms with Crippen molar-refractivity contribution in [3.8, 4) is 0 Å². The molecule has 1 amide bonds. The number of rotatable bonds is 6. The standard InChI is InChI=1S/C16H15N3O3S2/c20-14(19-15-13-8-9-23-16(13)18-11-17-15)7-4-10-24(21,22)12-5-2-1-3-6-12/h1-3,5-6,8-9,11H,4,7,10H2,(H,17,18,19,20). The van der Waals surface area contributed by atoms with Crippen molar-refractivity contribution in [3.63, 3.8) is 0 Å². The van der Waals surface area contributed by atoms with Gasteiger partial charge in [-0.25, -0.2) is 18.4 Å². The fraction of sp³-hybridized carbons (Fsp3) is 0.188. The van der Waals surface area contributed by atoms with E-state index in [2.05, 4.69) is 15.3 Å². The number of sulfone groups is 1. The summed E-state index contributed by atoms with van der Waals surface area (Å²) in [6, 6.07) is 10.1. The molecule has 0 spiro atoms. The van der Waals surface area contributed by atoms with Gasteiger partial charge in [-0.2, -0.15) is 0 Å². The molecule has 0 fully saturated rings. The number of hydrogen-bond acceptors (Lipinski definition) is 6. The minimum atomic E-state index is -3.36. The van der Waals surface area contributed by atoms with E-state index in [1.807, 2.05) is 11.4 Å². The van der Waals surface area contributed by atoms with E-state index in [1.54, 1.807) is 30.3 Å². The molecular weight excluding hydrogens is 346 g/mol. The number of fused-ring (bicyclic) bond motifs is 1. The number of amides is 1. The van der Waals surface area contributed by atoms with Crippen LogP contribution in [-0.4, -0.2) is 30.0 Å². The van der Waals surface area contributed by atoms with Crippen LogP contribution in [0.1, 0.15) is 12.8 Å². The van der Waals surface area contributed by atoms with Crippen LogP contribution >= 0.6 is 11.3 Å². The lowest BCUT2D eigenvalue weighted by Gasteiger charge is -2.06. The van der Waals surface area contributed by atoms with Crippen molar-refractivity contribution in [2.45, 2.75) is 17.7 Å². The Balaban J connectivity index is 1.57. The first-order chi connectivity index (χ1) is 11.6. The van der Waals surface area contributed by atoms with Gasteiger partial charge in [0.2, 0.25) is 5.91 Å². The molecule has 0 aliphatic heterocycles. The molecule has 0 radical (unpaired) electrons. The van der Waals surface area contributed by atoms with Gasteiger partial charge in [-0.15, -0.1) is 11.3 Å². The Kier molecular flexibility index (Phi) is 4.86. The van der Waals surface area contributed by atoms with Crippen molar-refractivity contribution >= 4 is 43.1 Å². The van der Waals surface area contributed by atoms with Crippen LogP contribution in [0.2, 0.25) is 0 Å². The van der Waals surface area contributed by atoms with Crippen LogP contribution in [0.3, 0.4) is 0 Å². The van der Waals surface area contributed by atoms with Gasteiger partial charge in [0.1, 0.15) is 17.0 Å². The van der Waals surface area contributed by atoms with Gasteiger partial charge >= 0.3 is 0 Å². The Morgan fingerprint density at radius 1 is 1.12 bits per heavy atom. The average Bonchev–Trinajstić information content (AvgIpc) is 3.05. The molecule has 24 heavy (non-hydrogen) atoms. The quantitative estimate of drug-likeness (QED) is 0.729. The largest absolute Gasteiger partial charge is 0.310 e. The van der Waals surface area contributed by atoms with Crippen LogP contribution in [0, 0.1) is 0 Å². The van der Waals surface area contributed by atoms with Gasteiger partial charge in [0.25, 0.3) is 0 Å². The Morgan fingerprint density at radius 3 is 2.71 bits per heavy atom. The molecule has 0 aliphatic carbocycles. The first-order valence-corrected chi connectivity index (χ1v) is 9.85. The molecule has 0 saturated heterocycles. The maximum absolute atomic E-state index is 12.2. The summed E-state index contributed by atoms with van der Waals surface area (Å²) in [5.74, 6) is 0.129. The van der Waals surface area contributed by atoms with E-state index in [-0.39, 0.29) is 29.4 Å². The number of carbonyl (C=O) groups is 1. The SMILES string of the molecule is O=C(CCCS(=O)(=O)c1ccccc1)Nc1ncnc2sccc12. The summed E-state index contributed by atoms with van der Waals surface area (Å²) in [7, 11) is -3.36. The zero-order valence-corrected chi connectivity index (χ0v) is 14.3. The Morgan fingerprint density at radius 2 is 1.92 bits per heavy atom. The number of carbonyl (C=O) groups excluding carboxylic acids is 1. The predicted octanol–water partition coefficient (Wildman–Crippen LogP) is 2.88. The Labute approximate surface area is 143 Å². The van der Waals surface area contributed by atoms with Crippen molar-refractivity contribution in [1.29, 1.82) is 0 Å². The van der Waals surface area contributed by atoms with Gasteiger partial charge in [0, 0.05) is 6.42 Å². The number of nitrogens with zero attached hydrogens (tertiary/aromatic N) is 2. The monoisotopic (exact) mass is 361 g/mol. The number of anilines is 1. The van der Waals surface area contributed by atoms with Crippen molar-refractivity contribution < 1.29 is 13.2 Å². The zero-order chi connectivity index (χ0) is 17.0. The van der Waals surface area contributed by atoms with E-state index >= 15 is 0 Å². The topological polar surface area (TPSA) is 89.0 Å². The fourth-order valence-corrected chi connectivity index (χ4v) is 4.32. The second-order valence-electron chi connectivity index (χ2n) is 5.15. The fourth-order valence-electron chi connectivity index (χ4n) is 2.25. The normalized spacial score (nSPS) is 11.5. The molecule has 3 rings (SSSR count). The predicted molar refractivity (Wildman–Crippen MR) is 93.8 cm³/mol. The van der Waals surface area contributed by atoms with Crippen LogP contribution in [-0.2, 0) is 14.6 Å². The van der Waals surface area contributed by atoms with Gasteiger partial charge in [0.15, 0.2) is 9.84 Å². The number of benzene rings is 1. The van der Waals surface area contributed by atoms with E-state index in [4.69, 9.17) is 0 Å². The first kappa shape index (κ1) is 16.5. The molecule has 3 aromatic rings.